The van der Waals surface area contributed by atoms with Gasteiger partial charge < -0.3 is 4.57 Å². The van der Waals surface area contributed by atoms with Gasteiger partial charge in [-0.3, -0.25) is 0 Å². The molecule has 3 heteroatoms. The third-order valence-corrected chi connectivity index (χ3v) is 3.40. The molecule has 0 atom stereocenters. The zero-order chi connectivity index (χ0) is 11.0. The first-order valence-electron chi connectivity index (χ1n) is 5.39. The molecule has 0 saturated carbocycles. The molecule has 0 radical (unpaired) electrons. The van der Waals surface area contributed by atoms with E-state index in [0.717, 1.165) is 12.2 Å². The number of hydrogen-bond donors (Lipinski definition) is 0. The maximum atomic E-state index is 4.42. The van der Waals surface area contributed by atoms with Crippen molar-refractivity contribution in [3.63, 3.8) is 0 Å². The van der Waals surface area contributed by atoms with E-state index in [9.17, 15) is 0 Å². The van der Waals surface area contributed by atoms with Crippen LogP contribution < -0.4 is 0 Å². The van der Waals surface area contributed by atoms with Gasteiger partial charge in [0.1, 0.15) is 0 Å². The Morgan fingerprint density at radius 1 is 1.25 bits per heavy atom. The molecular formula is C13H12N2S. The summed E-state index contributed by atoms with van der Waals surface area (Å²) in [7, 11) is 0. The molecule has 1 aromatic carbocycles. The first-order valence-corrected chi connectivity index (χ1v) is 6.22. The van der Waals surface area contributed by atoms with E-state index >= 15 is 0 Å². The van der Waals surface area contributed by atoms with Crippen LogP contribution >= 0.6 is 11.5 Å². The van der Waals surface area contributed by atoms with Gasteiger partial charge in [0.05, 0.1) is 11.2 Å². The average molecular weight is 228 g/mol. The van der Waals surface area contributed by atoms with Crippen molar-refractivity contribution in [2.45, 2.75) is 13.5 Å². The Morgan fingerprint density at radius 3 is 2.94 bits per heavy atom. The number of aromatic nitrogens is 2. The Hall–Kier alpha value is -1.61. The fourth-order valence-corrected chi connectivity index (χ4v) is 2.61. The van der Waals surface area contributed by atoms with Crippen LogP contribution in [0.5, 0.6) is 0 Å². The van der Waals surface area contributed by atoms with E-state index in [1.165, 1.54) is 28.0 Å². The second-order valence-corrected chi connectivity index (χ2v) is 4.40. The summed E-state index contributed by atoms with van der Waals surface area (Å²) in [6.07, 6.45) is 2.14. The quantitative estimate of drug-likeness (QED) is 0.652. The molecule has 2 nitrogen and oxygen atoms in total. The maximum absolute atomic E-state index is 4.42. The second-order valence-electron chi connectivity index (χ2n) is 3.73. The summed E-state index contributed by atoms with van der Waals surface area (Å²) < 4.78 is 6.69. The topological polar surface area (TPSA) is 17.8 Å². The van der Waals surface area contributed by atoms with E-state index in [1.54, 1.807) is 0 Å². The third-order valence-electron chi connectivity index (χ3n) is 2.84. The van der Waals surface area contributed by atoms with Gasteiger partial charge in [0.25, 0.3) is 0 Å². The molecule has 0 bridgehead atoms. The minimum atomic E-state index is 0.991. The van der Waals surface area contributed by atoms with Crippen LogP contribution in [0, 0.1) is 0 Å². The van der Waals surface area contributed by atoms with E-state index < -0.39 is 0 Å². The van der Waals surface area contributed by atoms with Gasteiger partial charge in [-0.1, -0.05) is 18.2 Å². The predicted octanol–water partition coefficient (Wildman–Crippen LogP) is 3.78. The zero-order valence-corrected chi connectivity index (χ0v) is 9.87. The molecule has 0 aliphatic carbocycles. The Balaban J connectivity index is 2.35. The molecule has 0 unspecified atom stereocenters. The molecule has 0 fully saturated rings. The summed E-state index contributed by atoms with van der Waals surface area (Å²) in [6.45, 7) is 3.15. The van der Waals surface area contributed by atoms with E-state index in [2.05, 4.69) is 52.4 Å². The summed E-state index contributed by atoms with van der Waals surface area (Å²) in [4.78, 5) is 0. The molecule has 0 spiro atoms. The number of hydrogen-bond acceptors (Lipinski definition) is 2. The Kier molecular flexibility index (Phi) is 2.26. The Labute approximate surface area is 98.3 Å². The summed E-state index contributed by atoms with van der Waals surface area (Å²) in [5.74, 6) is 0. The van der Waals surface area contributed by atoms with Crippen LogP contribution in [0.15, 0.2) is 41.9 Å². The van der Waals surface area contributed by atoms with E-state index in [1.807, 2.05) is 5.38 Å². The lowest BCUT2D eigenvalue weighted by atomic mass is 10.1. The van der Waals surface area contributed by atoms with Crippen LogP contribution in [0.3, 0.4) is 0 Å². The molecular weight excluding hydrogens is 216 g/mol. The van der Waals surface area contributed by atoms with Gasteiger partial charge in [0.2, 0.25) is 0 Å². The lowest BCUT2D eigenvalue weighted by molar-refractivity contribution is 0.798. The summed E-state index contributed by atoms with van der Waals surface area (Å²) in [5.41, 5.74) is 3.59. The van der Waals surface area contributed by atoms with Gasteiger partial charge in [-0.25, -0.2) is 0 Å². The van der Waals surface area contributed by atoms with Gasteiger partial charge in [0, 0.05) is 29.1 Å². The fourth-order valence-electron chi connectivity index (χ4n) is 2.08. The van der Waals surface area contributed by atoms with Crippen LogP contribution in [0.25, 0.3) is 22.2 Å². The SMILES string of the molecule is CCn1ccc2cccc(-c3ccsn3)c21. The summed E-state index contributed by atoms with van der Waals surface area (Å²) in [6, 6.07) is 10.6. The van der Waals surface area contributed by atoms with E-state index in [-0.39, 0.29) is 0 Å². The normalized spacial score (nSPS) is 11.1. The van der Waals surface area contributed by atoms with Crippen LogP contribution in [-0.2, 0) is 6.54 Å². The molecule has 2 aromatic heterocycles. The first kappa shape index (κ1) is 9.60. The molecule has 2 heterocycles. The Morgan fingerprint density at radius 2 is 2.19 bits per heavy atom. The van der Waals surface area contributed by atoms with Crippen molar-refractivity contribution < 1.29 is 0 Å². The molecule has 3 rings (SSSR count). The lowest BCUT2D eigenvalue weighted by Crippen LogP contribution is -1.93. The molecule has 0 aliphatic rings. The molecule has 0 amide bonds. The highest BCUT2D eigenvalue weighted by atomic mass is 32.1. The highest BCUT2D eigenvalue weighted by molar-refractivity contribution is 7.03. The Bertz CT molecular complexity index is 608. The number of rotatable bonds is 2. The number of para-hydroxylation sites is 1. The summed E-state index contributed by atoms with van der Waals surface area (Å²) >= 11 is 1.50. The zero-order valence-electron chi connectivity index (χ0n) is 9.05. The van der Waals surface area contributed by atoms with E-state index in [0.29, 0.717) is 0 Å². The van der Waals surface area contributed by atoms with E-state index in [4.69, 9.17) is 0 Å². The number of aryl methyl sites for hydroxylation is 1. The van der Waals surface area contributed by atoms with Crippen LogP contribution in [0.4, 0.5) is 0 Å². The van der Waals surface area contributed by atoms with Gasteiger partial charge in [0.15, 0.2) is 0 Å². The number of nitrogens with zero attached hydrogens (tertiary/aromatic N) is 2. The van der Waals surface area contributed by atoms with Crippen LogP contribution in [-0.4, -0.2) is 8.94 Å². The first-order chi connectivity index (χ1) is 7.90. The molecule has 0 aliphatic heterocycles. The number of fused-ring (bicyclic) bond motifs is 1. The monoisotopic (exact) mass is 228 g/mol. The van der Waals surface area contributed by atoms with Crippen molar-refractivity contribution in [2.75, 3.05) is 0 Å². The highest BCUT2D eigenvalue weighted by Gasteiger charge is 2.08. The van der Waals surface area contributed by atoms with Gasteiger partial charge >= 0.3 is 0 Å². The second kappa shape index (κ2) is 3.76. The smallest absolute Gasteiger partial charge is 0.0861 e. The van der Waals surface area contributed by atoms with Crippen molar-refractivity contribution in [3.05, 3.63) is 41.9 Å². The average Bonchev–Trinajstić information content (AvgIpc) is 2.97. The minimum absolute atomic E-state index is 0.991. The van der Waals surface area contributed by atoms with Crippen molar-refractivity contribution >= 4 is 22.4 Å². The molecule has 80 valence electrons. The van der Waals surface area contributed by atoms with Crippen molar-refractivity contribution in [1.29, 1.82) is 0 Å². The standard InChI is InChI=1S/C13H12N2S/c1-2-15-8-6-10-4-3-5-11(13(10)15)12-7-9-16-14-12/h3-9H,2H2,1H3. The molecule has 16 heavy (non-hydrogen) atoms. The van der Waals surface area contributed by atoms with Gasteiger partial charge in [-0.05, 0) is 30.6 Å². The number of benzene rings is 1. The van der Waals surface area contributed by atoms with Crippen molar-refractivity contribution in [3.8, 4) is 11.3 Å². The van der Waals surface area contributed by atoms with Crippen molar-refractivity contribution in [1.82, 2.24) is 8.94 Å². The van der Waals surface area contributed by atoms with Crippen LogP contribution in [0.2, 0.25) is 0 Å². The van der Waals surface area contributed by atoms with Gasteiger partial charge in [-0.15, -0.1) is 0 Å². The summed E-state index contributed by atoms with van der Waals surface area (Å²) in [5, 5.41) is 3.31. The maximum Gasteiger partial charge on any atom is 0.0861 e. The van der Waals surface area contributed by atoms with Crippen LogP contribution in [0.1, 0.15) is 6.92 Å². The fraction of sp³-hybridized carbons (Fsp3) is 0.154. The lowest BCUT2D eigenvalue weighted by Gasteiger charge is -2.05. The third kappa shape index (κ3) is 1.36. The predicted molar refractivity (Wildman–Crippen MR) is 68.7 cm³/mol. The molecule has 0 saturated heterocycles. The molecule has 0 N–H and O–H groups in total. The van der Waals surface area contributed by atoms with Crippen molar-refractivity contribution in [2.24, 2.45) is 0 Å². The minimum Gasteiger partial charge on any atom is -0.347 e. The largest absolute Gasteiger partial charge is 0.347 e. The molecule has 3 aromatic rings. The highest BCUT2D eigenvalue weighted by Crippen LogP contribution is 2.28. The van der Waals surface area contributed by atoms with Gasteiger partial charge in [-0.2, -0.15) is 4.37 Å².